The Morgan fingerprint density at radius 1 is 1.17 bits per heavy atom. The van der Waals surface area contributed by atoms with Gasteiger partial charge in [0, 0.05) is 12.6 Å². The maximum Gasteiger partial charge on any atom is 0.241 e. The minimum Gasteiger partial charge on any atom is -0.486 e. The van der Waals surface area contributed by atoms with E-state index in [0.29, 0.717) is 49.3 Å². The average Bonchev–Trinajstić information content (AvgIpc) is 2.76. The second-order valence-corrected chi connectivity index (χ2v) is 10.1. The SMILES string of the molecule is CCCC[C@H](CC)CNC(=O)[C@H](CCSC)NS(=O)(=O)c1ccc2c(c1)OCCO2. The predicted octanol–water partition coefficient (Wildman–Crippen LogP) is 3.19. The van der Waals surface area contributed by atoms with Crippen molar-refractivity contribution in [3.8, 4) is 11.5 Å². The molecule has 0 spiro atoms. The van der Waals surface area contributed by atoms with Crippen molar-refractivity contribution in [1.82, 2.24) is 10.0 Å². The summed E-state index contributed by atoms with van der Waals surface area (Å²) in [4.78, 5) is 12.9. The van der Waals surface area contributed by atoms with Gasteiger partial charge in [0.1, 0.15) is 19.3 Å². The summed E-state index contributed by atoms with van der Waals surface area (Å²) in [6.07, 6.45) is 6.65. The zero-order chi connectivity index (χ0) is 22.0. The first kappa shape index (κ1) is 24.8. The lowest BCUT2D eigenvalue weighted by Crippen LogP contribution is -2.48. The van der Waals surface area contributed by atoms with Crippen LogP contribution in [0.4, 0.5) is 0 Å². The normalized spacial score (nSPS) is 15.4. The van der Waals surface area contributed by atoms with Crippen LogP contribution in [0.1, 0.15) is 46.0 Å². The van der Waals surface area contributed by atoms with Crippen LogP contribution in [0.2, 0.25) is 0 Å². The zero-order valence-electron chi connectivity index (χ0n) is 18.1. The van der Waals surface area contributed by atoms with Crippen molar-refractivity contribution in [1.29, 1.82) is 0 Å². The topological polar surface area (TPSA) is 93.7 Å². The number of carbonyl (C=O) groups is 1. The van der Waals surface area contributed by atoms with Crippen molar-refractivity contribution in [2.75, 3.05) is 31.8 Å². The molecule has 1 amide bonds. The van der Waals surface area contributed by atoms with E-state index in [0.717, 1.165) is 25.7 Å². The molecule has 2 rings (SSSR count). The van der Waals surface area contributed by atoms with Crippen LogP contribution < -0.4 is 19.5 Å². The van der Waals surface area contributed by atoms with E-state index in [1.165, 1.54) is 12.1 Å². The molecule has 1 aliphatic heterocycles. The van der Waals surface area contributed by atoms with Crippen molar-refractivity contribution in [3.05, 3.63) is 18.2 Å². The van der Waals surface area contributed by atoms with E-state index in [9.17, 15) is 13.2 Å². The fraction of sp³-hybridized carbons (Fsp3) is 0.667. The van der Waals surface area contributed by atoms with Gasteiger partial charge in [-0.1, -0.05) is 33.1 Å². The number of amides is 1. The van der Waals surface area contributed by atoms with E-state index in [2.05, 4.69) is 23.9 Å². The first-order chi connectivity index (χ1) is 14.4. The molecule has 0 fully saturated rings. The van der Waals surface area contributed by atoms with Gasteiger partial charge in [0.25, 0.3) is 0 Å². The maximum atomic E-state index is 12.9. The van der Waals surface area contributed by atoms with Crippen molar-refractivity contribution >= 4 is 27.7 Å². The number of unbranched alkanes of at least 4 members (excludes halogenated alkanes) is 1. The molecule has 7 nitrogen and oxygen atoms in total. The largest absolute Gasteiger partial charge is 0.486 e. The fourth-order valence-electron chi connectivity index (χ4n) is 3.24. The average molecular weight is 459 g/mol. The first-order valence-electron chi connectivity index (χ1n) is 10.6. The standard InChI is InChI=1S/C21H34N2O5S2/c1-4-6-7-16(5-2)15-22-21(24)18(10-13-29-3)23-30(25,26)17-8-9-19-20(14-17)28-12-11-27-19/h8-9,14,16,18,23H,4-7,10-13,15H2,1-3H3,(H,22,24)/t16-,18-/m0/s1. The summed E-state index contributed by atoms with van der Waals surface area (Å²) < 4.78 is 39.4. The second-order valence-electron chi connectivity index (χ2n) is 7.42. The van der Waals surface area contributed by atoms with Gasteiger partial charge in [-0.25, -0.2) is 8.42 Å². The number of thioether (sulfide) groups is 1. The van der Waals surface area contributed by atoms with Crippen LogP contribution >= 0.6 is 11.8 Å². The highest BCUT2D eigenvalue weighted by Crippen LogP contribution is 2.32. The Balaban J connectivity index is 2.07. The van der Waals surface area contributed by atoms with E-state index >= 15 is 0 Å². The predicted molar refractivity (Wildman–Crippen MR) is 121 cm³/mol. The molecule has 0 unspecified atom stereocenters. The molecular formula is C21H34N2O5S2. The van der Waals surface area contributed by atoms with Gasteiger partial charge >= 0.3 is 0 Å². The van der Waals surface area contributed by atoms with Gasteiger partial charge in [0.15, 0.2) is 11.5 Å². The molecule has 170 valence electrons. The lowest BCUT2D eigenvalue weighted by molar-refractivity contribution is -0.122. The molecule has 2 N–H and O–H groups in total. The second kappa shape index (κ2) is 12.4. The molecule has 9 heteroatoms. The minimum atomic E-state index is -3.88. The van der Waals surface area contributed by atoms with Gasteiger partial charge < -0.3 is 14.8 Å². The van der Waals surface area contributed by atoms with E-state index in [1.807, 2.05) is 6.26 Å². The Morgan fingerprint density at radius 3 is 2.57 bits per heavy atom. The Hall–Kier alpha value is -1.45. The molecule has 30 heavy (non-hydrogen) atoms. The Morgan fingerprint density at radius 2 is 1.90 bits per heavy atom. The number of sulfonamides is 1. The molecule has 0 aliphatic carbocycles. The van der Waals surface area contributed by atoms with Crippen LogP contribution in [-0.4, -0.2) is 52.1 Å². The number of hydrogen-bond donors (Lipinski definition) is 2. The summed E-state index contributed by atoms with van der Waals surface area (Å²) in [6, 6.07) is 3.68. The molecule has 1 aliphatic rings. The number of rotatable bonds is 13. The molecule has 1 heterocycles. The Labute approximate surface area is 184 Å². The third-order valence-electron chi connectivity index (χ3n) is 5.16. The van der Waals surface area contributed by atoms with Gasteiger partial charge in [-0.05, 0) is 42.9 Å². The van der Waals surface area contributed by atoms with Crippen molar-refractivity contribution in [2.45, 2.75) is 56.9 Å². The first-order valence-corrected chi connectivity index (χ1v) is 13.5. The number of hydrogen-bond acceptors (Lipinski definition) is 6. The molecule has 1 aromatic rings. The number of benzene rings is 1. The van der Waals surface area contributed by atoms with E-state index in [4.69, 9.17) is 9.47 Å². The third kappa shape index (κ3) is 7.35. The summed E-state index contributed by atoms with van der Waals surface area (Å²) in [5, 5.41) is 2.96. The van der Waals surface area contributed by atoms with Crippen LogP contribution in [0.3, 0.4) is 0 Å². The molecular weight excluding hydrogens is 424 g/mol. The lowest BCUT2D eigenvalue weighted by Gasteiger charge is -2.22. The molecule has 0 aromatic heterocycles. The highest BCUT2D eigenvalue weighted by atomic mass is 32.2. The molecule has 0 bridgehead atoms. The molecule has 1 aromatic carbocycles. The number of nitrogens with one attached hydrogen (secondary N) is 2. The molecule has 2 atom stereocenters. The lowest BCUT2D eigenvalue weighted by atomic mass is 9.99. The zero-order valence-corrected chi connectivity index (χ0v) is 19.7. The summed E-state index contributed by atoms with van der Waals surface area (Å²) in [6.45, 7) is 5.64. The fourth-order valence-corrected chi connectivity index (χ4v) is 4.95. The molecule has 0 saturated carbocycles. The summed E-state index contributed by atoms with van der Waals surface area (Å²) >= 11 is 1.58. The smallest absolute Gasteiger partial charge is 0.241 e. The Kier molecular flexibility index (Phi) is 10.3. The highest BCUT2D eigenvalue weighted by molar-refractivity contribution is 7.98. The van der Waals surface area contributed by atoms with Gasteiger partial charge in [-0.3, -0.25) is 4.79 Å². The van der Waals surface area contributed by atoms with Crippen molar-refractivity contribution in [2.24, 2.45) is 5.92 Å². The summed E-state index contributed by atoms with van der Waals surface area (Å²) in [7, 11) is -3.88. The third-order valence-corrected chi connectivity index (χ3v) is 7.27. The van der Waals surface area contributed by atoms with Crippen LogP contribution in [-0.2, 0) is 14.8 Å². The Bertz CT molecular complexity index is 786. The van der Waals surface area contributed by atoms with Crippen LogP contribution in [0.15, 0.2) is 23.1 Å². The van der Waals surface area contributed by atoms with Crippen LogP contribution in [0.5, 0.6) is 11.5 Å². The number of ether oxygens (including phenoxy) is 2. The van der Waals surface area contributed by atoms with E-state index in [-0.39, 0.29) is 10.8 Å². The van der Waals surface area contributed by atoms with Crippen molar-refractivity contribution < 1.29 is 22.7 Å². The van der Waals surface area contributed by atoms with Gasteiger partial charge in [0.05, 0.1) is 4.90 Å². The van der Waals surface area contributed by atoms with Crippen LogP contribution in [0, 0.1) is 5.92 Å². The maximum absolute atomic E-state index is 12.9. The van der Waals surface area contributed by atoms with Crippen molar-refractivity contribution in [3.63, 3.8) is 0 Å². The molecule has 0 radical (unpaired) electrons. The number of fused-ring (bicyclic) bond motifs is 1. The molecule has 0 saturated heterocycles. The highest BCUT2D eigenvalue weighted by Gasteiger charge is 2.27. The minimum absolute atomic E-state index is 0.0584. The van der Waals surface area contributed by atoms with Gasteiger partial charge in [-0.15, -0.1) is 0 Å². The summed E-state index contributed by atoms with van der Waals surface area (Å²) in [5.74, 6) is 1.73. The van der Waals surface area contributed by atoms with Gasteiger partial charge in [0.2, 0.25) is 15.9 Å². The summed E-state index contributed by atoms with van der Waals surface area (Å²) in [5.41, 5.74) is 0. The van der Waals surface area contributed by atoms with Crippen LogP contribution in [0.25, 0.3) is 0 Å². The van der Waals surface area contributed by atoms with E-state index < -0.39 is 16.1 Å². The quantitative estimate of drug-likeness (QED) is 0.472. The van der Waals surface area contributed by atoms with Gasteiger partial charge in [-0.2, -0.15) is 16.5 Å². The monoisotopic (exact) mass is 458 g/mol. The van der Waals surface area contributed by atoms with E-state index in [1.54, 1.807) is 17.8 Å². The number of carbonyl (C=O) groups excluding carboxylic acids is 1.